The van der Waals surface area contributed by atoms with Gasteiger partial charge in [-0.1, -0.05) is 47.8 Å². The highest BCUT2D eigenvalue weighted by Crippen LogP contribution is 2.52. The van der Waals surface area contributed by atoms with Crippen LogP contribution in [0, 0.1) is 22.6 Å². The minimum absolute atomic E-state index is 1.08. The van der Waals surface area contributed by atoms with Crippen LogP contribution < -0.4 is 5.32 Å². The summed E-state index contributed by atoms with van der Waals surface area (Å²) in [7, 11) is 1.54. The average Bonchev–Trinajstić information content (AvgIpc) is 2.41. The van der Waals surface area contributed by atoms with E-state index >= 15 is 0 Å². The maximum atomic E-state index is 12.0. The van der Waals surface area contributed by atoms with E-state index in [0.29, 0.717) is 0 Å². The van der Waals surface area contributed by atoms with Gasteiger partial charge in [-0.25, -0.2) is 0 Å². The summed E-state index contributed by atoms with van der Waals surface area (Å²) in [5.74, 6) is -5.98. The van der Waals surface area contributed by atoms with Crippen LogP contribution in [-0.2, 0) is 4.79 Å². The number of rotatable bonds is 7. The molecule has 0 fully saturated rings. The molecule has 3 nitrogen and oxygen atoms in total. The van der Waals surface area contributed by atoms with Crippen molar-refractivity contribution < 1.29 is 19.5 Å². The second-order valence-electron chi connectivity index (χ2n) is 5.93. The zero-order valence-corrected chi connectivity index (χ0v) is 13.4. The Morgan fingerprint density at radius 3 is 2.16 bits per heavy atom. The van der Waals surface area contributed by atoms with Crippen molar-refractivity contribution in [1.29, 1.82) is 0 Å². The van der Waals surface area contributed by atoms with Crippen molar-refractivity contribution in [2.24, 2.45) is 22.6 Å². The fraction of sp³-hybridized carbons (Fsp3) is 0.938. The molecular formula is C16H33NO2. The van der Waals surface area contributed by atoms with Gasteiger partial charge in [0.25, 0.3) is 0 Å². The third kappa shape index (κ3) is 3.13. The molecule has 3 heteroatoms. The van der Waals surface area contributed by atoms with Crippen molar-refractivity contribution in [3.63, 3.8) is 0 Å². The summed E-state index contributed by atoms with van der Waals surface area (Å²) in [6.07, 6.45) is -2.35. The van der Waals surface area contributed by atoms with Crippen LogP contribution in [0.4, 0.5) is 0 Å². The highest BCUT2D eigenvalue weighted by atomic mass is 16.4. The largest absolute Gasteiger partial charge is 0.481 e. The molecule has 0 heterocycles. The van der Waals surface area contributed by atoms with Crippen molar-refractivity contribution in [2.45, 2.75) is 67.2 Å². The van der Waals surface area contributed by atoms with Gasteiger partial charge in [-0.3, -0.25) is 4.79 Å². The van der Waals surface area contributed by atoms with Crippen LogP contribution in [-0.4, -0.2) is 23.7 Å². The van der Waals surface area contributed by atoms with E-state index in [1.807, 2.05) is 0 Å². The third-order valence-corrected chi connectivity index (χ3v) is 4.95. The number of carboxylic acids is 1. The Hall–Kier alpha value is -0.570. The highest BCUT2D eigenvalue weighted by molar-refractivity contribution is 5.71. The molecule has 2 N–H and O–H groups in total. The lowest BCUT2D eigenvalue weighted by atomic mass is 9.52. The standard InChI is InChI=1S/C16H33NO2/c1-10-14(4,5)12(3)16(8,11(2)13(18)19)15(6,7)17-9/h11-12,17H,10H2,1-9H3,(H,18,19)/t11?,12?,16-/m1/s1/i4D3,10D2,11D,12D/t11?,12?,14?,16-. The number of hydrogen-bond donors (Lipinski definition) is 2. The molecule has 0 radical (unpaired) electrons. The SMILES string of the molecule is [2H]C([2H])([2H])C(C)(C([2H])([2H])C)C([2H])(C)[C@](C)(C(C)(C)NC)C([2H])(C)C(=O)O. The topological polar surface area (TPSA) is 49.3 Å². The number of hydrogen-bond acceptors (Lipinski definition) is 2. The van der Waals surface area contributed by atoms with Crippen LogP contribution in [0.1, 0.15) is 71.3 Å². The summed E-state index contributed by atoms with van der Waals surface area (Å²) in [6, 6.07) is 0. The lowest BCUT2D eigenvalue weighted by Crippen LogP contribution is -2.61. The molecule has 0 aromatic carbocycles. The monoisotopic (exact) mass is 278 g/mol. The molecule has 0 aromatic rings. The van der Waals surface area contributed by atoms with Crippen molar-refractivity contribution in [2.75, 3.05) is 7.05 Å². The van der Waals surface area contributed by atoms with Crippen molar-refractivity contribution in [3.05, 3.63) is 0 Å². The fourth-order valence-corrected chi connectivity index (χ4v) is 2.37. The zero-order chi connectivity index (χ0) is 21.8. The quantitative estimate of drug-likeness (QED) is 0.745. The number of aliphatic carboxylic acids is 1. The van der Waals surface area contributed by atoms with Gasteiger partial charge >= 0.3 is 5.97 Å². The fourth-order valence-electron chi connectivity index (χ4n) is 2.37. The van der Waals surface area contributed by atoms with E-state index in [2.05, 4.69) is 5.32 Å². The smallest absolute Gasteiger partial charge is 0.306 e. The summed E-state index contributed by atoms with van der Waals surface area (Å²) >= 11 is 0. The lowest BCUT2D eigenvalue weighted by molar-refractivity contribution is -0.153. The van der Waals surface area contributed by atoms with E-state index in [4.69, 9.17) is 9.60 Å². The molecule has 0 aliphatic rings. The van der Waals surface area contributed by atoms with Gasteiger partial charge in [0.1, 0.15) is 0 Å². The Balaban J connectivity index is 7.33. The molecule has 0 saturated heterocycles. The second-order valence-corrected chi connectivity index (χ2v) is 5.93. The molecular weight excluding hydrogens is 238 g/mol. The molecule has 0 rings (SSSR count). The van der Waals surface area contributed by atoms with Gasteiger partial charge in [-0.2, -0.15) is 0 Å². The maximum Gasteiger partial charge on any atom is 0.306 e. The second kappa shape index (κ2) is 5.82. The third-order valence-electron chi connectivity index (χ3n) is 4.95. The lowest BCUT2D eigenvalue weighted by Gasteiger charge is -2.55. The maximum absolute atomic E-state index is 12.0. The summed E-state index contributed by atoms with van der Waals surface area (Å²) in [4.78, 5) is 12.0. The van der Waals surface area contributed by atoms with Gasteiger partial charge < -0.3 is 10.4 Å². The van der Waals surface area contributed by atoms with Gasteiger partial charge in [0.15, 0.2) is 0 Å². The minimum Gasteiger partial charge on any atom is -0.481 e. The first kappa shape index (κ1) is 9.38. The van der Waals surface area contributed by atoms with E-state index in [9.17, 15) is 9.90 Å². The molecule has 0 aliphatic carbocycles. The minimum atomic E-state index is -2.92. The number of carbonyl (C=O) groups is 1. The Kier molecular flexibility index (Phi) is 2.87. The van der Waals surface area contributed by atoms with E-state index in [-0.39, 0.29) is 0 Å². The Morgan fingerprint density at radius 2 is 1.89 bits per heavy atom. The summed E-state index contributed by atoms with van der Waals surface area (Å²) in [5.41, 5.74) is -5.27. The first-order valence-electron chi connectivity index (χ1n) is 9.93. The molecule has 114 valence electrons. The normalized spacial score (nSPS) is 32.3. The van der Waals surface area contributed by atoms with Gasteiger partial charge in [0, 0.05) is 20.5 Å². The molecule has 0 aliphatic heterocycles. The van der Waals surface area contributed by atoms with E-state index in [1.165, 1.54) is 13.8 Å². The molecule has 0 saturated carbocycles. The first-order valence-corrected chi connectivity index (χ1v) is 6.43. The van der Waals surface area contributed by atoms with Crippen LogP contribution in [0.3, 0.4) is 0 Å². The number of carboxylic acid groups (broad SMARTS) is 1. The average molecular weight is 278 g/mol. The van der Waals surface area contributed by atoms with Crippen LogP contribution in [0.2, 0.25) is 0 Å². The van der Waals surface area contributed by atoms with E-state index < -0.39 is 47.4 Å². The molecule has 19 heavy (non-hydrogen) atoms. The van der Waals surface area contributed by atoms with Crippen LogP contribution in [0.25, 0.3) is 0 Å². The van der Waals surface area contributed by atoms with E-state index in [0.717, 1.165) is 20.8 Å². The van der Waals surface area contributed by atoms with Crippen LogP contribution in [0.5, 0.6) is 0 Å². The van der Waals surface area contributed by atoms with Crippen molar-refractivity contribution in [1.82, 2.24) is 5.32 Å². The molecule has 4 atom stereocenters. The zero-order valence-electron chi connectivity index (χ0n) is 20.4. The number of nitrogens with one attached hydrogen (secondary N) is 1. The summed E-state index contributed by atoms with van der Waals surface area (Å²) in [6.45, 7) is 6.26. The summed E-state index contributed by atoms with van der Waals surface area (Å²) in [5, 5.41) is 12.7. The Morgan fingerprint density at radius 1 is 1.42 bits per heavy atom. The van der Waals surface area contributed by atoms with Crippen molar-refractivity contribution in [3.8, 4) is 0 Å². The van der Waals surface area contributed by atoms with Crippen molar-refractivity contribution >= 4 is 5.97 Å². The Bertz CT molecular complexity index is 536. The van der Waals surface area contributed by atoms with Crippen LogP contribution >= 0.6 is 0 Å². The van der Waals surface area contributed by atoms with Gasteiger partial charge in [-0.15, -0.1) is 0 Å². The molecule has 0 aromatic heterocycles. The predicted molar refractivity (Wildman–Crippen MR) is 81.3 cm³/mol. The van der Waals surface area contributed by atoms with Gasteiger partial charge in [0.2, 0.25) is 0 Å². The van der Waals surface area contributed by atoms with E-state index in [1.54, 1.807) is 20.9 Å². The molecule has 0 amide bonds. The highest BCUT2D eigenvalue weighted by Gasteiger charge is 2.53. The first-order chi connectivity index (χ1) is 11.0. The Labute approximate surface area is 129 Å². The van der Waals surface area contributed by atoms with Crippen LogP contribution in [0.15, 0.2) is 0 Å². The summed E-state index contributed by atoms with van der Waals surface area (Å²) < 4.78 is 58.1. The molecule has 3 unspecified atom stereocenters. The van der Waals surface area contributed by atoms with Gasteiger partial charge in [-0.05, 0) is 32.2 Å². The predicted octanol–water partition coefficient (Wildman–Crippen LogP) is 3.78. The van der Waals surface area contributed by atoms with Gasteiger partial charge in [0.05, 0.1) is 5.89 Å². The molecule has 0 bridgehead atoms. The molecule has 0 spiro atoms.